The van der Waals surface area contributed by atoms with Crippen molar-refractivity contribution in [3.8, 4) is 0 Å². The topological polar surface area (TPSA) is 79.5 Å². The number of rotatable bonds is 7. The van der Waals surface area contributed by atoms with Crippen molar-refractivity contribution in [3.05, 3.63) is 24.2 Å². The Balaban J connectivity index is 2.15. The van der Waals surface area contributed by atoms with Crippen LogP contribution in [0.25, 0.3) is 0 Å². The van der Waals surface area contributed by atoms with E-state index < -0.39 is 5.97 Å². The lowest BCUT2D eigenvalue weighted by atomic mass is 10.0. The molecule has 0 saturated heterocycles. The van der Waals surface area contributed by atoms with E-state index in [1.54, 1.807) is 12.1 Å². The zero-order chi connectivity index (χ0) is 12.7. The molecular weight excluding hydrogens is 222 g/mol. The average molecular weight is 239 g/mol. The van der Waals surface area contributed by atoms with Gasteiger partial charge in [-0.3, -0.25) is 9.59 Å². The van der Waals surface area contributed by atoms with Crippen molar-refractivity contribution in [1.82, 2.24) is 5.32 Å². The van der Waals surface area contributed by atoms with Crippen LogP contribution in [0.3, 0.4) is 0 Å². The quantitative estimate of drug-likeness (QED) is 0.761. The molecular formula is C12H17NO4. The maximum Gasteiger partial charge on any atom is 0.303 e. The van der Waals surface area contributed by atoms with Gasteiger partial charge in [-0.05, 0) is 30.9 Å². The molecule has 0 fully saturated rings. The van der Waals surface area contributed by atoms with Crippen LogP contribution in [0.5, 0.6) is 0 Å². The SMILES string of the molecule is CC(CCNC(=O)c1ccco1)CCC(=O)O. The summed E-state index contributed by atoms with van der Waals surface area (Å²) in [5.41, 5.74) is 0. The summed E-state index contributed by atoms with van der Waals surface area (Å²) >= 11 is 0. The van der Waals surface area contributed by atoms with E-state index in [0.717, 1.165) is 6.42 Å². The average Bonchev–Trinajstić information content (AvgIpc) is 2.79. The van der Waals surface area contributed by atoms with E-state index in [1.807, 2.05) is 6.92 Å². The molecule has 1 amide bonds. The lowest BCUT2D eigenvalue weighted by Gasteiger charge is -2.09. The van der Waals surface area contributed by atoms with Gasteiger partial charge in [0.2, 0.25) is 0 Å². The van der Waals surface area contributed by atoms with E-state index in [4.69, 9.17) is 9.52 Å². The maximum absolute atomic E-state index is 11.5. The fourth-order valence-electron chi connectivity index (χ4n) is 1.44. The van der Waals surface area contributed by atoms with Gasteiger partial charge in [0.15, 0.2) is 5.76 Å². The Morgan fingerprint density at radius 1 is 1.47 bits per heavy atom. The highest BCUT2D eigenvalue weighted by atomic mass is 16.4. The van der Waals surface area contributed by atoms with Gasteiger partial charge in [-0.25, -0.2) is 0 Å². The van der Waals surface area contributed by atoms with Crippen molar-refractivity contribution >= 4 is 11.9 Å². The van der Waals surface area contributed by atoms with E-state index in [-0.39, 0.29) is 18.2 Å². The molecule has 0 saturated carbocycles. The minimum Gasteiger partial charge on any atom is -0.481 e. The van der Waals surface area contributed by atoms with Crippen LogP contribution in [-0.4, -0.2) is 23.5 Å². The first-order valence-corrected chi connectivity index (χ1v) is 5.63. The number of carbonyl (C=O) groups excluding carboxylic acids is 1. The summed E-state index contributed by atoms with van der Waals surface area (Å²) in [5, 5.41) is 11.2. The summed E-state index contributed by atoms with van der Waals surface area (Å²) in [7, 11) is 0. The number of hydrogen-bond donors (Lipinski definition) is 2. The van der Waals surface area contributed by atoms with Crippen molar-refractivity contribution in [2.24, 2.45) is 5.92 Å². The van der Waals surface area contributed by atoms with Gasteiger partial charge < -0.3 is 14.8 Å². The first-order valence-electron chi connectivity index (χ1n) is 5.63. The number of carboxylic acid groups (broad SMARTS) is 1. The fourth-order valence-corrected chi connectivity index (χ4v) is 1.44. The predicted octanol–water partition coefficient (Wildman–Crippen LogP) is 1.90. The number of aliphatic carboxylic acids is 1. The number of furan rings is 1. The molecule has 94 valence electrons. The fraction of sp³-hybridized carbons (Fsp3) is 0.500. The molecule has 5 heteroatoms. The summed E-state index contributed by atoms with van der Waals surface area (Å²) in [6.07, 6.45) is 3.02. The molecule has 1 atom stereocenters. The summed E-state index contributed by atoms with van der Waals surface area (Å²) in [6.45, 7) is 2.50. The molecule has 0 aromatic carbocycles. The Hall–Kier alpha value is -1.78. The molecule has 2 N–H and O–H groups in total. The van der Waals surface area contributed by atoms with Gasteiger partial charge in [0.25, 0.3) is 5.91 Å². The zero-order valence-corrected chi connectivity index (χ0v) is 9.81. The van der Waals surface area contributed by atoms with Crippen LogP contribution in [0.4, 0.5) is 0 Å². The van der Waals surface area contributed by atoms with E-state index in [0.29, 0.717) is 18.7 Å². The van der Waals surface area contributed by atoms with Gasteiger partial charge in [0, 0.05) is 13.0 Å². The standard InChI is InChI=1S/C12H17NO4/c1-9(4-5-11(14)15)6-7-13-12(16)10-3-2-8-17-10/h2-3,8-9H,4-7H2,1H3,(H,13,16)(H,14,15). The van der Waals surface area contributed by atoms with Gasteiger partial charge in [-0.2, -0.15) is 0 Å². The van der Waals surface area contributed by atoms with E-state index >= 15 is 0 Å². The Kier molecular flexibility index (Phi) is 5.26. The number of carboxylic acids is 1. The highest BCUT2D eigenvalue weighted by molar-refractivity contribution is 5.91. The molecule has 1 aromatic heterocycles. The van der Waals surface area contributed by atoms with Crippen molar-refractivity contribution < 1.29 is 19.1 Å². The molecule has 0 aliphatic heterocycles. The highest BCUT2D eigenvalue weighted by Gasteiger charge is 2.09. The second kappa shape index (κ2) is 6.73. The number of carbonyl (C=O) groups is 2. The molecule has 1 aromatic rings. The summed E-state index contributed by atoms with van der Waals surface area (Å²) < 4.78 is 4.94. The predicted molar refractivity (Wildman–Crippen MR) is 61.7 cm³/mol. The lowest BCUT2D eigenvalue weighted by Crippen LogP contribution is -2.25. The van der Waals surface area contributed by atoms with E-state index in [9.17, 15) is 9.59 Å². The molecule has 17 heavy (non-hydrogen) atoms. The highest BCUT2D eigenvalue weighted by Crippen LogP contribution is 2.09. The monoisotopic (exact) mass is 239 g/mol. The summed E-state index contributed by atoms with van der Waals surface area (Å²) in [4.78, 5) is 21.8. The van der Waals surface area contributed by atoms with Gasteiger partial charge in [-0.1, -0.05) is 6.92 Å². The molecule has 0 spiro atoms. The third-order valence-electron chi connectivity index (χ3n) is 2.52. The minimum atomic E-state index is -0.781. The zero-order valence-electron chi connectivity index (χ0n) is 9.81. The second-order valence-electron chi connectivity index (χ2n) is 4.06. The van der Waals surface area contributed by atoms with Crippen LogP contribution in [0, 0.1) is 5.92 Å². The summed E-state index contributed by atoms with van der Waals surface area (Å²) in [6, 6.07) is 3.26. The second-order valence-corrected chi connectivity index (χ2v) is 4.06. The van der Waals surface area contributed by atoms with Crippen LogP contribution in [0.2, 0.25) is 0 Å². The molecule has 1 unspecified atom stereocenters. The third kappa shape index (κ3) is 5.19. The van der Waals surface area contributed by atoms with Gasteiger partial charge in [-0.15, -0.1) is 0 Å². The van der Waals surface area contributed by atoms with Crippen molar-refractivity contribution in [3.63, 3.8) is 0 Å². The Labute approximate surface area is 99.8 Å². The number of amides is 1. The molecule has 5 nitrogen and oxygen atoms in total. The third-order valence-corrected chi connectivity index (χ3v) is 2.52. The smallest absolute Gasteiger partial charge is 0.303 e. The maximum atomic E-state index is 11.5. The van der Waals surface area contributed by atoms with Crippen LogP contribution in [0.15, 0.2) is 22.8 Å². The van der Waals surface area contributed by atoms with E-state index in [2.05, 4.69) is 5.32 Å². The van der Waals surface area contributed by atoms with E-state index in [1.165, 1.54) is 6.26 Å². The molecule has 0 bridgehead atoms. The molecule has 1 heterocycles. The van der Waals surface area contributed by atoms with Crippen molar-refractivity contribution in [2.45, 2.75) is 26.2 Å². The Bertz CT molecular complexity index is 359. The van der Waals surface area contributed by atoms with Crippen LogP contribution < -0.4 is 5.32 Å². The number of hydrogen-bond acceptors (Lipinski definition) is 3. The first kappa shape index (κ1) is 13.3. The summed E-state index contributed by atoms with van der Waals surface area (Å²) in [5.74, 6) is -0.442. The lowest BCUT2D eigenvalue weighted by molar-refractivity contribution is -0.137. The van der Waals surface area contributed by atoms with Crippen LogP contribution in [0.1, 0.15) is 36.7 Å². The van der Waals surface area contributed by atoms with Crippen LogP contribution >= 0.6 is 0 Å². The molecule has 0 radical (unpaired) electrons. The molecule has 0 aliphatic rings. The normalized spacial score (nSPS) is 12.1. The Morgan fingerprint density at radius 2 is 2.24 bits per heavy atom. The number of nitrogens with one attached hydrogen (secondary N) is 1. The molecule has 1 rings (SSSR count). The van der Waals surface area contributed by atoms with Gasteiger partial charge >= 0.3 is 5.97 Å². The van der Waals surface area contributed by atoms with Gasteiger partial charge in [0.05, 0.1) is 6.26 Å². The minimum absolute atomic E-state index is 0.174. The van der Waals surface area contributed by atoms with Crippen LogP contribution in [-0.2, 0) is 4.79 Å². The molecule has 0 aliphatic carbocycles. The first-order chi connectivity index (χ1) is 8.09. The van der Waals surface area contributed by atoms with Crippen molar-refractivity contribution in [1.29, 1.82) is 0 Å². The largest absolute Gasteiger partial charge is 0.481 e. The van der Waals surface area contributed by atoms with Crippen molar-refractivity contribution in [2.75, 3.05) is 6.54 Å². The Morgan fingerprint density at radius 3 is 2.82 bits per heavy atom. The van der Waals surface area contributed by atoms with Gasteiger partial charge in [0.1, 0.15) is 0 Å².